The molecule has 18 heavy (non-hydrogen) atoms. The Labute approximate surface area is 110 Å². The highest BCUT2D eigenvalue weighted by Gasteiger charge is 2.21. The van der Waals surface area contributed by atoms with E-state index < -0.39 is 0 Å². The van der Waals surface area contributed by atoms with Gasteiger partial charge in [-0.1, -0.05) is 13.3 Å². The topological polar surface area (TPSA) is 41.1 Å². The number of nitrogens with zero attached hydrogens (tertiary/aromatic N) is 3. The molecule has 1 aromatic heterocycles. The van der Waals surface area contributed by atoms with Crippen LogP contribution in [0.15, 0.2) is 6.33 Å². The van der Waals surface area contributed by atoms with Crippen molar-refractivity contribution in [3.63, 3.8) is 0 Å². The van der Waals surface area contributed by atoms with Crippen molar-refractivity contribution in [3.8, 4) is 0 Å². The summed E-state index contributed by atoms with van der Waals surface area (Å²) in [5, 5.41) is 3.30. The monoisotopic (exact) mass is 248 g/mol. The average molecular weight is 248 g/mol. The van der Waals surface area contributed by atoms with Crippen LogP contribution in [0.25, 0.3) is 0 Å². The van der Waals surface area contributed by atoms with Crippen LogP contribution >= 0.6 is 0 Å². The molecule has 0 saturated carbocycles. The molecule has 1 N–H and O–H groups in total. The minimum Gasteiger partial charge on any atom is -0.370 e. The maximum atomic E-state index is 4.49. The maximum absolute atomic E-state index is 4.49. The highest BCUT2D eigenvalue weighted by atomic mass is 15.2. The van der Waals surface area contributed by atoms with E-state index in [2.05, 4.69) is 41.0 Å². The average Bonchev–Trinajstić information content (AvgIpc) is 2.41. The molecule has 1 unspecified atom stereocenters. The zero-order valence-electron chi connectivity index (χ0n) is 11.7. The number of anilines is 2. The van der Waals surface area contributed by atoms with Crippen LogP contribution in [-0.2, 0) is 0 Å². The van der Waals surface area contributed by atoms with Crippen LogP contribution in [-0.4, -0.2) is 29.6 Å². The fourth-order valence-electron chi connectivity index (χ4n) is 2.70. The van der Waals surface area contributed by atoms with E-state index in [0.717, 1.165) is 37.2 Å². The SMILES string of the molecule is CCNc1ncnc(N2CCCC(CC)C2)c1C. The molecular formula is C14H24N4. The summed E-state index contributed by atoms with van der Waals surface area (Å²) in [6.07, 6.45) is 5.58. The number of aromatic nitrogens is 2. The lowest BCUT2D eigenvalue weighted by Crippen LogP contribution is -2.36. The van der Waals surface area contributed by atoms with E-state index in [1.165, 1.54) is 24.8 Å². The van der Waals surface area contributed by atoms with Gasteiger partial charge < -0.3 is 10.2 Å². The van der Waals surface area contributed by atoms with Crippen LogP contribution < -0.4 is 10.2 Å². The minimum absolute atomic E-state index is 0.815. The fourth-order valence-corrected chi connectivity index (χ4v) is 2.70. The molecule has 0 aliphatic carbocycles. The Morgan fingerprint density at radius 3 is 2.94 bits per heavy atom. The van der Waals surface area contributed by atoms with E-state index >= 15 is 0 Å². The summed E-state index contributed by atoms with van der Waals surface area (Å²) in [5.74, 6) is 2.90. The summed E-state index contributed by atoms with van der Waals surface area (Å²) in [6.45, 7) is 9.65. The summed E-state index contributed by atoms with van der Waals surface area (Å²) in [7, 11) is 0. The Hall–Kier alpha value is -1.32. The van der Waals surface area contributed by atoms with Gasteiger partial charge in [0.05, 0.1) is 0 Å². The van der Waals surface area contributed by atoms with E-state index in [4.69, 9.17) is 0 Å². The second-order valence-corrected chi connectivity index (χ2v) is 5.06. The molecule has 1 aliphatic rings. The van der Waals surface area contributed by atoms with Crippen molar-refractivity contribution in [2.45, 2.75) is 40.0 Å². The van der Waals surface area contributed by atoms with Gasteiger partial charge in [-0.05, 0) is 32.6 Å². The molecule has 100 valence electrons. The Balaban J connectivity index is 2.19. The minimum atomic E-state index is 0.815. The van der Waals surface area contributed by atoms with Gasteiger partial charge in [0.2, 0.25) is 0 Å². The molecule has 0 amide bonds. The van der Waals surface area contributed by atoms with Crippen molar-refractivity contribution in [1.29, 1.82) is 0 Å². The molecule has 2 rings (SSSR count). The molecule has 4 heteroatoms. The molecule has 1 aromatic rings. The van der Waals surface area contributed by atoms with Gasteiger partial charge in [-0.15, -0.1) is 0 Å². The number of rotatable bonds is 4. The highest BCUT2D eigenvalue weighted by molar-refractivity contribution is 5.58. The highest BCUT2D eigenvalue weighted by Crippen LogP contribution is 2.27. The molecule has 1 saturated heterocycles. The summed E-state index contributed by atoms with van der Waals surface area (Å²) in [6, 6.07) is 0. The summed E-state index contributed by atoms with van der Waals surface area (Å²) in [5.41, 5.74) is 1.18. The zero-order chi connectivity index (χ0) is 13.0. The first-order chi connectivity index (χ1) is 8.76. The van der Waals surface area contributed by atoms with Gasteiger partial charge in [0, 0.05) is 25.2 Å². The number of hydrogen-bond donors (Lipinski definition) is 1. The van der Waals surface area contributed by atoms with E-state index in [1.54, 1.807) is 6.33 Å². The molecule has 4 nitrogen and oxygen atoms in total. The molecule has 2 heterocycles. The standard InChI is InChI=1S/C14H24N4/c1-4-12-7-6-8-18(9-12)14-11(3)13(15-5-2)16-10-17-14/h10,12H,4-9H2,1-3H3,(H,15,16,17). The molecule has 0 radical (unpaired) electrons. The normalized spacial score (nSPS) is 19.9. The second-order valence-electron chi connectivity index (χ2n) is 5.06. The van der Waals surface area contributed by atoms with Crippen molar-refractivity contribution in [1.82, 2.24) is 9.97 Å². The Kier molecular flexibility index (Phi) is 4.39. The van der Waals surface area contributed by atoms with E-state index in [9.17, 15) is 0 Å². The van der Waals surface area contributed by atoms with Crippen LogP contribution in [0.3, 0.4) is 0 Å². The third-order valence-corrected chi connectivity index (χ3v) is 3.80. The molecule has 1 aliphatic heterocycles. The fraction of sp³-hybridized carbons (Fsp3) is 0.714. The lowest BCUT2D eigenvalue weighted by molar-refractivity contribution is 0.402. The second kappa shape index (κ2) is 6.03. The van der Waals surface area contributed by atoms with Crippen LogP contribution in [0.4, 0.5) is 11.6 Å². The van der Waals surface area contributed by atoms with Gasteiger partial charge in [-0.3, -0.25) is 0 Å². The predicted octanol–water partition coefficient (Wildman–Crippen LogP) is 2.84. The van der Waals surface area contributed by atoms with Gasteiger partial charge >= 0.3 is 0 Å². The van der Waals surface area contributed by atoms with Gasteiger partial charge in [0.25, 0.3) is 0 Å². The predicted molar refractivity (Wildman–Crippen MR) is 76.2 cm³/mol. The van der Waals surface area contributed by atoms with E-state index in [1.807, 2.05) is 0 Å². The maximum Gasteiger partial charge on any atom is 0.137 e. The van der Waals surface area contributed by atoms with Crippen LogP contribution in [0.2, 0.25) is 0 Å². The Bertz CT molecular complexity index is 391. The summed E-state index contributed by atoms with van der Waals surface area (Å²) < 4.78 is 0. The first-order valence-corrected chi connectivity index (χ1v) is 7.06. The molecule has 0 aromatic carbocycles. The van der Waals surface area contributed by atoms with Crippen molar-refractivity contribution in [2.24, 2.45) is 5.92 Å². The quantitative estimate of drug-likeness (QED) is 0.889. The van der Waals surface area contributed by atoms with Crippen molar-refractivity contribution in [2.75, 3.05) is 29.9 Å². The van der Waals surface area contributed by atoms with Gasteiger partial charge in [0.1, 0.15) is 18.0 Å². The summed E-state index contributed by atoms with van der Waals surface area (Å²) in [4.78, 5) is 11.2. The first kappa shape index (κ1) is 13.1. The Morgan fingerprint density at radius 1 is 1.39 bits per heavy atom. The van der Waals surface area contributed by atoms with Gasteiger partial charge in [0.15, 0.2) is 0 Å². The third kappa shape index (κ3) is 2.74. The number of hydrogen-bond acceptors (Lipinski definition) is 4. The van der Waals surface area contributed by atoms with Gasteiger partial charge in [-0.2, -0.15) is 0 Å². The zero-order valence-corrected chi connectivity index (χ0v) is 11.7. The largest absolute Gasteiger partial charge is 0.370 e. The lowest BCUT2D eigenvalue weighted by atomic mass is 9.95. The smallest absolute Gasteiger partial charge is 0.137 e. The van der Waals surface area contributed by atoms with Crippen LogP contribution in [0, 0.1) is 12.8 Å². The van der Waals surface area contributed by atoms with Crippen LogP contribution in [0.5, 0.6) is 0 Å². The number of piperidine rings is 1. The lowest BCUT2D eigenvalue weighted by Gasteiger charge is -2.34. The molecular weight excluding hydrogens is 224 g/mol. The van der Waals surface area contributed by atoms with Crippen LogP contribution in [0.1, 0.15) is 38.7 Å². The van der Waals surface area contributed by atoms with E-state index in [-0.39, 0.29) is 0 Å². The molecule has 1 fully saturated rings. The van der Waals surface area contributed by atoms with E-state index in [0.29, 0.717) is 0 Å². The molecule has 0 bridgehead atoms. The van der Waals surface area contributed by atoms with Crippen molar-refractivity contribution < 1.29 is 0 Å². The van der Waals surface area contributed by atoms with Crippen molar-refractivity contribution >= 4 is 11.6 Å². The van der Waals surface area contributed by atoms with Gasteiger partial charge in [-0.25, -0.2) is 9.97 Å². The summed E-state index contributed by atoms with van der Waals surface area (Å²) >= 11 is 0. The number of nitrogens with one attached hydrogen (secondary N) is 1. The van der Waals surface area contributed by atoms with Crippen molar-refractivity contribution in [3.05, 3.63) is 11.9 Å². The third-order valence-electron chi connectivity index (χ3n) is 3.80. The Morgan fingerprint density at radius 2 is 2.22 bits per heavy atom. The molecule has 0 spiro atoms. The first-order valence-electron chi connectivity index (χ1n) is 7.06. The molecule has 1 atom stereocenters.